The Kier molecular flexibility index (Phi) is 5.58. The lowest BCUT2D eigenvalue weighted by molar-refractivity contribution is 0.652. The van der Waals surface area contributed by atoms with Crippen molar-refractivity contribution in [2.24, 2.45) is 0 Å². The topological polar surface area (TPSA) is 12.0 Å². The average Bonchev–Trinajstić information content (AvgIpc) is 2.67. The van der Waals surface area contributed by atoms with Gasteiger partial charge in [0, 0.05) is 16.2 Å². The van der Waals surface area contributed by atoms with Crippen LogP contribution in [-0.2, 0) is 0 Å². The lowest BCUT2D eigenvalue weighted by Gasteiger charge is -2.15. The summed E-state index contributed by atoms with van der Waals surface area (Å²) in [5.74, 6) is 0. The van der Waals surface area contributed by atoms with Crippen molar-refractivity contribution in [2.45, 2.75) is 61.6 Å². The van der Waals surface area contributed by atoms with Crippen LogP contribution in [0.15, 0.2) is 29.2 Å². The Balaban J connectivity index is 1.92. The Hall–Kier alpha value is -0.470. The molecule has 1 saturated carbocycles. The van der Waals surface area contributed by atoms with Gasteiger partial charge in [-0.1, -0.05) is 37.8 Å². The third-order valence-electron chi connectivity index (χ3n) is 3.92. The molecular formula is C16H25NS. The molecule has 0 spiro atoms. The van der Waals surface area contributed by atoms with E-state index in [0.717, 1.165) is 5.25 Å². The molecule has 0 saturated heterocycles. The van der Waals surface area contributed by atoms with E-state index in [9.17, 15) is 0 Å². The highest BCUT2D eigenvalue weighted by Crippen LogP contribution is 2.33. The Morgan fingerprint density at radius 1 is 1.06 bits per heavy atom. The highest BCUT2D eigenvalue weighted by molar-refractivity contribution is 8.00. The van der Waals surface area contributed by atoms with Crippen molar-refractivity contribution in [2.75, 3.05) is 7.05 Å². The first-order valence-electron chi connectivity index (χ1n) is 7.23. The molecule has 100 valence electrons. The van der Waals surface area contributed by atoms with E-state index in [-0.39, 0.29) is 0 Å². The van der Waals surface area contributed by atoms with Crippen LogP contribution in [-0.4, -0.2) is 12.3 Å². The molecule has 1 N–H and O–H groups in total. The van der Waals surface area contributed by atoms with E-state index in [0.29, 0.717) is 6.04 Å². The molecule has 1 fully saturated rings. The Morgan fingerprint density at radius 2 is 1.67 bits per heavy atom. The van der Waals surface area contributed by atoms with Crippen LogP contribution in [0.1, 0.15) is 57.1 Å². The standard InChI is InChI=1S/C16H25NS/c1-13(17-2)14-9-11-16(12-10-14)18-15-7-5-3-4-6-8-15/h9-13,15,17H,3-8H2,1-2H3. The predicted octanol–water partition coefficient (Wildman–Crippen LogP) is 4.78. The fourth-order valence-electron chi connectivity index (χ4n) is 2.55. The summed E-state index contributed by atoms with van der Waals surface area (Å²) < 4.78 is 0. The Morgan fingerprint density at radius 3 is 2.22 bits per heavy atom. The second-order valence-corrected chi connectivity index (χ2v) is 6.68. The van der Waals surface area contributed by atoms with Crippen LogP contribution >= 0.6 is 11.8 Å². The number of rotatable bonds is 4. The number of thioether (sulfide) groups is 1. The van der Waals surface area contributed by atoms with E-state index in [1.54, 1.807) is 0 Å². The first kappa shape index (κ1) is 14.0. The molecule has 0 aromatic heterocycles. The van der Waals surface area contributed by atoms with E-state index in [1.165, 1.54) is 49.0 Å². The van der Waals surface area contributed by atoms with Crippen molar-refractivity contribution < 1.29 is 0 Å². The largest absolute Gasteiger partial charge is 0.313 e. The predicted molar refractivity (Wildman–Crippen MR) is 81.3 cm³/mol. The molecule has 1 aromatic rings. The van der Waals surface area contributed by atoms with Gasteiger partial charge in [0.1, 0.15) is 0 Å². The number of nitrogens with one attached hydrogen (secondary N) is 1. The molecular weight excluding hydrogens is 238 g/mol. The fraction of sp³-hybridized carbons (Fsp3) is 0.625. The van der Waals surface area contributed by atoms with E-state index >= 15 is 0 Å². The number of benzene rings is 1. The van der Waals surface area contributed by atoms with Gasteiger partial charge in [-0.3, -0.25) is 0 Å². The second-order valence-electron chi connectivity index (χ2n) is 5.31. The first-order valence-corrected chi connectivity index (χ1v) is 8.11. The highest BCUT2D eigenvalue weighted by Gasteiger charge is 2.13. The number of hydrogen-bond donors (Lipinski definition) is 1. The first-order chi connectivity index (χ1) is 8.79. The Bertz CT molecular complexity index is 339. The quantitative estimate of drug-likeness (QED) is 0.784. The minimum atomic E-state index is 0.446. The van der Waals surface area contributed by atoms with Crippen LogP contribution in [0.25, 0.3) is 0 Å². The molecule has 0 amide bonds. The van der Waals surface area contributed by atoms with Gasteiger partial charge >= 0.3 is 0 Å². The summed E-state index contributed by atoms with van der Waals surface area (Å²) in [4.78, 5) is 1.44. The van der Waals surface area contributed by atoms with Gasteiger partial charge in [0.05, 0.1) is 0 Å². The van der Waals surface area contributed by atoms with Gasteiger partial charge in [0.25, 0.3) is 0 Å². The van der Waals surface area contributed by atoms with E-state index in [2.05, 4.69) is 48.3 Å². The SMILES string of the molecule is CNC(C)c1ccc(SC2CCCCCC2)cc1. The Labute approximate surface area is 116 Å². The molecule has 18 heavy (non-hydrogen) atoms. The maximum Gasteiger partial charge on any atom is 0.0289 e. The highest BCUT2D eigenvalue weighted by atomic mass is 32.2. The van der Waals surface area contributed by atoms with Crippen LogP contribution < -0.4 is 5.32 Å². The summed E-state index contributed by atoms with van der Waals surface area (Å²) in [7, 11) is 2.01. The molecule has 0 bridgehead atoms. The van der Waals surface area contributed by atoms with E-state index < -0.39 is 0 Å². The molecule has 1 aromatic carbocycles. The molecule has 1 atom stereocenters. The molecule has 0 aliphatic heterocycles. The summed E-state index contributed by atoms with van der Waals surface area (Å²) in [5, 5.41) is 4.13. The second kappa shape index (κ2) is 7.20. The van der Waals surface area contributed by atoms with Crippen molar-refractivity contribution >= 4 is 11.8 Å². The summed E-state index contributed by atoms with van der Waals surface area (Å²) in [6.45, 7) is 2.20. The molecule has 1 aliphatic carbocycles. The zero-order valence-electron chi connectivity index (χ0n) is 11.6. The molecule has 0 radical (unpaired) electrons. The van der Waals surface area contributed by atoms with Crippen molar-refractivity contribution in [1.82, 2.24) is 5.32 Å². The zero-order valence-corrected chi connectivity index (χ0v) is 12.4. The summed E-state index contributed by atoms with van der Waals surface area (Å²) >= 11 is 2.09. The van der Waals surface area contributed by atoms with Gasteiger partial charge in [-0.15, -0.1) is 11.8 Å². The van der Waals surface area contributed by atoms with Crippen LogP contribution in [0.3, 0.4) is 0 Å². The summed E-state index contributed by atoms with van der Waals surface area (Å²) in [6, 6.07) is 9.56. The third-order valence-corrected chi connectivity index (χ3v) is 5.27. The van der Waals surface area contributed by atoms with Gasteiger partial charge in [0.15, 0.2) is 0 Å². The molecule has 1 aliphatic rings. The monoisotopic (exact) mass is 263 g/mol. The van der Waals surface area contributed by atoms with Crippen LogP contribution in [0, 0.1) is 0 Å². The average molecular weight is 263 g/mol. The van der Waals surface area contributed by atoms with E-state index in [4.69, 9.17) is 0 Å². The van der Waals surface area contributed by atoms with Gasteiger partial charge in [-0.2, -0.15) is 0 Å². The maximum absolute atomic E-state index is 3.28. The van der Waals surface area contributed by atoms with Crippen molar-refractivity contribution in [3.63, 3.8) is 0 Å². The van der Waals surface area contributed by atoms with Gasteiger partial charge in [0.2, 0.25) is 0 Å². The van der Waals surface area contributed by atoms with Crippen molar-refractivity contribution in [3.05, 3.63) is 29.8 Å². The molecule has 0 heterocycles. The molecule has 2 heteroatoms. The van der Waals surface area contributed by atoms with Crippen molar-refractivity contribution in [3.8, 4) is 0 Å². The minimum absolute atomic E-state index is 0.446. The minimum Gasteiger partial charge on any atom is -0.313 e. The lowest BCUT2D eigenvalue weighted by Crippen LogP contribution is -2.11. The van der Waals surface area contributed by atoms with Gasteiger partial charge < -0.3 is 5.32 Å². The molecule has 1 unspecified atom stereocenters. The fourth-order valence-corrected chi connectivity index (χ4v) is 3.80. The summed E-state index contributed by atoms with van der Waals surface area (Å²) in [5.41, 5.74) is 1.38. The lowest BCUT2D eigenvalue weighted by atomic mass is 10.1. The number of hydrogen-bond acceptors (Lipinski definition) is 2. The van der Waals surface area contributed by atoms with Crippen LogP contribution in [0.5, 0.6) is 0 Å². The smallest absolute Gasteiger partial charge is 0.0289 e. The summed E-state index contributed by atoms with van der Waals surface area (Å²) in [6.07, 6.45) is 8.53. The van der Waals surface area contributed by atoms with Crippen LogP contribution in [0.4, 0.5) is 0 Å². The van der Waals surface area contributed by atoms with Gasteiger partial charge in [-0.25, -0.2) is 0 Å². The van der Waals surface area contributed by atoms with Gasteiger partial charge in [-0.05, 0) is 44.5 Å². The van der Waals surface area contributed by atoms with Crippen molar-refractivity contribution in [1.29, 1.82) is 0 Å². The van der Waals surface area contributed by atoms with E-state index in [1.807, 2.05) is 7.05 Å². The normalized spacial score (nSPS) is 19.4. The third kappa shape index (κ3) is 4.03. The molecule has 1 nitrogen and oxygen atoms in total. The van der Waals surface area contributed by atoms with Crippen LogP contribution in [0.2, 0.25) is 0 Å². The molecule has 2 rings (SSSR count). The zero-order chi connectivity index (χ0) is 12.8. The maximum atomic E-state index is 3.28.